The topological polar surface area (TPSA) is 48.5 Å². The number of urea groups is 1. The first-order valence-electron chi connectivity index (χ1n) is 8.33. The average molecular weight is 324 g/mol. The van der Waals surface area contributed by atoms with Crippen LogP contribution in [0, 0.1) is 0 Å². The van der Waals surface area contributed by atoms with Crippen LogP contribution < -0.4 is 10.2 Å². The maximum atomic E-state index is 12.4. The molecule has 1 aliphatic heterocycles. The molecule has 3 rings (SSSR count). The number of pyridine rings is 1. The lowest BCUT2D eigenvalue weighted by Gasteiger charge is -2.18. The summed E-state index contributed by atoms with van der Waals surface area (Å²) in [6.45, 7) is 2.12. The molecule has 1 aromatic heterocycles. The van der Waals surface area contributed by atoms with E-state index >= 15 is 0 Å². The van der Waals surface area contributed by atoms with Gasteiger partial charge in [-0.2, -0.15) is 0 Å². The van der Waals surface area contributed by atoms with Crippen molar-refractivity contribution in [1.29, 1.82) is 0 Å². The highest BCUT2D eigenvalue weighted by molar-refractivity contribution is 5.74. The summed E-state index contributed by atoms with van der Waals surface area (Å²) in [6, 6.07) is 14.4. The normalized spacial score (nSPS) is 16.9. The molecule has 2 heterocycles. The number of carbonyl (C=O) groups is 1. The summed E-state index contributed by atoms with van der Waals surface area (Å²) in [6.07, 6.45) is 2.80. The van der Waals surface area contributed by atoms with E-state index in [4.69, 9.17) is 0 Å². The molecule has 1 unspecified atom stereocenters. The van der Waals surface area contributed by atoms with Crippen molar-refractivity contribution in [2.45, 2.75) is 18.9 Å². The lowest BCUT2D eigenvalue weighted by atomic mass is 9.99. The van der Waals surface area contributed by atoms with Crippen molar-refractivity contribution in [2.24, 2.45) is 0 Å². The molecule has 1 aromatic carbocycles. The third-order valence-electron chi connectivity index (χ3n) is 4.46. The molecular formula is C19H24N4O. The molecule has 24 heavy (non-hydrogen) atoms. The molecule has 1 fully saturated rings. The van der Waals surface area contributed by atoms with Gasteiger partial charge in [0.2, 0.25) is 0 Å². The van der Waals surface area contributed by atoms with Crippen LogP contribution in [0.25, 0.3) is 0 Å². The van der Waals surface area contributed by atoms with Crippen molar-refractivity contribution >= 4 is 11.8 Å². The van der Waals surface area contributed by atoms with Crippen molar-refractivity contribution in [3.8, 4) is 0 Å². The van der Waals surface area contributed by atoms with Crippen molar-refractivity contribution in [2.75, 3.05) is 32.1 Å². The van der Waals surface area contributed by atoms with Crippen LogP contribution in [0.2, 0.25) is 0 Å². The van der Waals surface area contributed by atoms with Crippen molar-refractivity contribution in [1.82, 2.24) is 15.2 Å². The van der Waals surface area contributed by atoms with Gasteiger partial charge in [-0.05, 0) is 29.7 Å². The molecule has 0 radical (unpaired) electrons. The second kappa shape index (κ2) is 7.34. The quantitative estimate of drug-likeness (QED) is 0.941. The van der Waals surface area contributed by atoms with Gasteiger partial charge in [0.1, 0.15) is 5.82 Å². The Bertz CT molecular complexity index is 687. The number of benzene rings is 1. The molecule has 2 aromatic rings. The third kappa shape index (κ3) is 3.85. The smallest absolute Gasteiger partial charge is 0.317 e. The molecule has 126 valence electrons. The number of hydrogen-bond acceptors (Lipinski definition) is 3. The third-order valence-corrected chi connectivity index (χ3v) is 4.46. The summed E-state index contributed by atoms with van der Waals surface area (Å²) in [5.74, 6) is 1.34. The van der Waals surface area contributed by atoms with Crippen LogP contribution in [0.5, 0.6) is 0 Å². The van der Waals surface area contributed by atoms with Gasteiger partial charge in [-0.25, -0.2) is 9.78 Å². The van der Waals surface area contributed by atoms with Crippen LogP contribution >= 0.6 is 0 Å². The molecule has 0 bridgehead atoms. The first-order chi connectivity index (χ1) is 11.6. The molecule has 2 amide bonds. The Morgan fingerprint density at radius 1 is 1.29 bits per heavy atom. The summed E-state index contributed by atoms with van der Waals surface area (Å²) in [5.41, 5.74) is 2.37. The summed E-state index contributed by atoms with van der Waals surface area (Å²) in [5, 5.41) is 3.02. The summed E-state index contributed by atoms with van der Waals surface area (Å²) >= 11 is 0. The predicted octanol–water partition coefficient (Wildman–Crippen LogP) is 2.85. The van der Waals surface area contributed by atoms with Gasteiger partial charge in [0.05, 0.1) is 0 Å². The van der Waals surface area contributed by atoms with Crippen LogP contribution in [0.1, 0.15) is 23.5 Å². The molecule has 1 atom stereocenters. The molecule has 1 saturated heterocycles. The minimum absolute atomic E-state index is 0.0108. The largest absolute Gasteiger partial charge is 0.363 e. The minimum atomic E-state index is 0.0108. The number of nitrogens with zero attached hydrogens (tertiary/aromatic N) is 3. The Labute approximate surface area is 143 Å². The van der Waals surface area contributed by atoms with Crippen LogP contribution in [0.15, 0.2) is 48.7 Å². The number of aromatic nitrogens is 1. The number of likely N-dealkylation sites (tertiary alicyclic amines) is 1. The zero-order valence-electron chi connectivity index (χ0n) is 14.3. The Kier molecular flexibility index (Phi) is 4.99. The van der Waals surface area contributed by atoms with Gasteiger partial charge in [0, 0.05) is 45.8 Å². The maximum Gasteiger partial charge on any atom is 0.317 e. The Morgan fingerprint density at radius 3 is 2.83 bits per heavy atom. The minimum Gasteiger partial charge on any atom is -0.363 e. The second-order valence-corrected chi connectivity index (χ2v) is 6.42. The Hall–Kier alpha value is -2.56. The lowest BCUT2D eigenvalue weighted by molar-refractivity contribution is 0.208. The fraction of sp³-hybridized carbons (Fsp3) is 0.368. The van der Waals surface area contributed by atoms with Gasteiger partial charge in [0.25, 0.3) is 0 Å². The van der Waals surface area contributed by atoms with Gasteiger partial charge in [-0.3, -0.25) is 0 Å². The molecule has 5 heteroatoms. The van der Waals surface area contributed by atoms with Gasteiger partial charge < -0.3 is 15.1 Å². The van der Waals surface area contributed by atoms with Gasteiger partial charge in [-0.15, -0.1) is 0 Å². The molecular weight excluding hydrogens is 300 g/mol. The van der Waals surface area contributed by atoms with Crippen LogP contribution in [-0.2, 0) is 6.54 Å². The first-order valence-corrected chi connectivity index (χ1v) is 8.33. The van der Waals surface area contributed by atoms with E-state index in [1.807, 2.05) is 42.1 Å². The summed E-state index contributed by atoms with van der Waals surface area (Å²) < 4.78 is 0. The average Bonchev–Trinajstić information content (AvgIpc) is 3.11. The highest BCUT2D eigenvalue weighted by atomic mass is 16.2. The number of nitrogens with one attached hydrogen (secondary N) is 1. The van der Waals surface area contributed by atoms with Gasteiger partial charge in [0.15, 0.2) is 0 Å². The van der Waals surface area contributed by atoms with Gasteiger partial charge in [-0.1, -0.05) is 30.3 Å². The monoisotopic (exact) mass is 324 g/mol. The maximum absolute atomic E-state index is 12.4. The molecule has 0 saturated carbocycles. The van der Waals surface area contributed by atoms with E-state index in [9.17, 15) is 4.79 Å². The highest BCUT2D eigenvalue weighted by Gasteiger charge is 2.26. The fourth-order valence-corrected chi connectivity index (χ4v) is 3.05. The Balaban J connectivity index is 1.54. The zero-order chi connectivity index (χ0) is 16.9. The summed E-state index contributed by atoms with van der Waals surface area (Å²) in [7, 11) is 3.91. The van der Waals surface area contributed by atoms with Gasteiger partial charge >= 0.3 is 6.03 Å². The van der Waals surface area contributed by atoms with E-state index in [-0.39, 0.29) is 6.03 Å². The lowest BCUT2D eigenvalue weighted by Crippen LogP contribution is -2.38. The van der Waals surface area contributed by atoms with E-state index in [2.05, 4.69) is 34.6 Å². The standard InChI is InChI=1S/C19H24N4O/c1-22(2)18-12-15(8-10-20-18)13-21-19(24)23-11-9-17(14-23)16-6-4-3-5-7-16/h3-8,10,12,17H,9,11,13-14H2,1-2H3,(H,21,24). The van der Waals surface area contributed by atoms with Crippen molar-refractivity contribution in [3.63, 3.8) is 0 Å². The van der Waals surface area contributed by atoms with Crippen LogP contribution in [0.4, 0.5) is 10.6 Å². The van der Waals surface area contributed by atoms with Crippen molar-refractivity contribution < 1.29 is 4.79 Å². The van der Waals surface area contributed by atoms with E-state index < -0.39 is 0 Å². The van der Waals surface area contributed by atoms with Crippen molar-refractivity contribution in [3.05, 3.63) is 59.8 Å². The SMILES string of the molecule is CN(C)c1cc(CNC(=O)N2CCC(c3ccccc3)C2)ccn1. The number of hydrogen-bond donors (Lipinski definition) is 1. The van der Waals surface area contributed by atoms with Crippen LogP contribution in [-0.4, -0.2) is 43.1 Å². The van der Waals surface area contributed by atoms with E-state index in [0.717, 1.165) is 30.9 Å². The second-order valence-electron chi connectivity index (χ2n) is 6.42. The number of anilines is 1. The first kappa shape index (κ1) is 16.3. The van der Waals surface area contributed by atoms with E-state index in [1.165, 1.54) is 5.56 Å². The highest BCUT2D eigenvalue weighted by Crippen LogP contribution is 2.26. The molecule has 0 aliphatic carbocycles. The Morgan fingerprint density at radius 2 is 2.08 bits per heavy atom. The van der Waals surface area contributed by atoms with E-state index in [0.29, 0.717) is 12.5 Å². The van der Waals surface area contributed by atoms with Crippen LogP contribution in [0.3, 0.4) is 0 Å². The zero-order valence-corrected chi connectivity index (χ0v) is 14.3. The number of amides is 2. The number of rotatable bonds is 4. The molecule has 1 aliphatic rings. The van der Waals surface area contributed by atoms with E-state index in [1.54, 1.807) is 6.20 Å². The fourth-order valence-electron chi connectivity index (χ4n) is 3.05. The summed E-state index contributed by atoms with van der Waals surface area (Å²) in [4.78, 5) is 20.6. The number of carbonyl (C=O) groups excluding carboxylic acids is 1. The molecule has 1 N–H and O–H groups in total. The predicted molar refractivity (Wildman–Crippen MR) is 96.2 cm³/mol. The molecule has 5 nitrogen and oxygen atoms in total. The molecule has 0 spiro atoms.